The third-order valence-electron chi connectivity index (χ3n) is 8.80. The fourth-order valence-corrected chi connectivity index (χ4v) is 6.58. The average molecular weight is 641 g/mol. The summed E-state index contributed by atoms with van der Waals surface area (Å²) in [5.74, 6) is -0.0297. The zero-order valence-electron chi connectivity index (χ0n) is 26.8. The molecule has 6 rings (SSSR count). The lowest BCUT2D eigenvalue weighted by molar-refractivity contribution is -0.142. The normalized spacial score (nSPS) is 20.3. The van der Waals surface area contributed by atoms with Crippen molar-refractivity contribution < 1.29 is 33.7 Å². The first-order chi connectivity index (χ1) is 22.4. The maximum absolute atomic E-state index is 13.1. The highest BCUT2D eigenvalue weighted by molar-refractivity contribution is 6.01. The lowest BCUT2D eigenvalue weighted by atomic mass is 9.53. The van der Waals surface area contributed by atoms with Crippen LogP contribution in [0.4, 0.5) is 0 Å². The summed E-state index contributed by atoms with van der Waals surface area (Å²) in [5, 5.41) is 17.4. The minimum atomic E-state index is -0.962. The third-order valence-corrected chi connectivity index (χ3v) is 8.80. The van der Waals surface area contributed by atoms with Gasteiger partial charge in [-0.15, -0.1) is 0 Å². The predicted octanol–water partition coefficient (Wildman–Crippen LogP) is 4.48. The third kappa shape index (κ3) is 7.25. The van der Waals surface area contributed by atoms with Gasteiger partial charge < -0.3 is 30.4 Å². The molecule has 2 fully saturated rings. The Bertz CT molecular complexity index is 1810. The fourth-order valence-electron chi connectivity index (χ4n) is 6.58. The Balaban J connectivity index is 1.04. The molecule has 0 aliphatic heterocycles. The van der Waals surface area contributed by atoms with Crippen LogP contribution >= 0.6 is 0 Å². The Kier molecular flexibility index (Phi) is 8.67. The van der Waals surface area contributed by atoms with Gasteiger partial charge in [0, 0.05) is 6.04 Å². The van der Waals surface area contributed by atoms with E-state index >= 15 is 0 Å². The Morgan fingerprint density at radius 2 is 1.81 bits per heavy atom. The number of rotatable bonds is 12. The van der Waals surface area contributed by atoms with Crippen molar-refractivity contribution in [1.29, 1.82) is 0 Å². The number of hydrogen-bond acceptors (Lipinski definition) is 8. The number of carbonyl (C=O) groups excluding carboxylic acids is 3. The highest BCUT2D eigenvalue weighted by Gasteiger charge is 2.54. The topological polar surface area (TPSA) is 154 Å². The van der Waals surface area contributed by atoms with Crippen molar-refractivity contribution in [3.8, 4) is 22.6 Å². The van der Waals surface area contributed by atoms with Gasteiger partial charge in [0.1, 0.15) is 18.1 Å². The molecule has 2 aromatic carbocycles. The number of pyridine rings is 1. The number of carbonyl (C=O) groups is 3. The molecule has 47 heavy (non-hydrogen) atoms. The second kappa shape index (κ2) is 12.7. The summed E-state index contributed by atoms with van der Waals surface area (Å²) >= 11 is 0. The largest absolute Gasteiger partial charge is 0.490 e. The van der Waals surface area contributed by atoms with Crippen molar-refractivity contribution in [3.63, 3.8) is 0 Å². The van der Waals surface area contributed by atoms with Crippen LogP contribution in [0.1, 0.15) is 72.7 Å². The van der Waals surface area contributed by atoms with Crippen LogP contribution in [-0.4, -0.2) is 63.5 Å². The second-order valence-electron chi connectivity index (χ2n) is 13.3. The first-order valence-electron chi connectivity index (χ1n) is 15.9. The molecule has 2 saturated carbocycles. The monoisotopic (exact) mass is 640 g/mol. The van der Waals surface area contributed by atoms with Crippen molar-refractivity contribution in [1.82, 2.24) is 14.9 Å². The zero-order valence-corrected chi connectivity index (χ0v) is 26.8. The van der Waals surface area contributed by atoms with Gasteiger partial charge in [0.2, 0.25) is 0 Å². The summed E-state index contributed by atoms with van der Waals surface area (Å²) in [6.07, 6.45) is 6.69. The molecule has 2 aromatic heterocycles. The number of hydrogen-bond donors (Lipinski definition) is 3. The quantitative estimate of drug-likeness (QED) is 0.192. The van der Waals surface area contributed by atoms with Crippen LogP contribution in [0.3, 0.4) is 0 Å². The summed E-state index contributed by atoms with van der Waals surface area (Å²) in [6.45, 7) is 5.58. The van der Waals surface area contributed by atoms with E-state index in [4.69, 9.17) is 19.9 Å². The number of benzene rings is 2. The average Bonchev–Trinajstić information content (AvgIpc) is 3.41. The lowest BCUT2D eigenvalue weighted by Crippen LogP contribution is -2.58. The molecule has 0 atom stereocenters. The van der Waals surface area contributed by atoms with E-state index in [2.05, 4.69) is 10.4 Å². The van der Waals surface area contributed by atoms with Gasteiger partial charge in [0.25, 0.3) is 11.8 Å². The molecular weight excluding hydrogens is 600 g/mol. The number of amides is 2. The van der Waals surface area contributed by atoms with Gasteiger partial charge >= 0.3 is 5.97 Å². The summed E-state index contributed by atoms with van der Waals surface area (Å²) in [4.78, 5) is 37.3. The van der Waals surface area contributed by atoms with E-state index in [1.54, 1.807) is 55.9 Å². The molecule has 1 spiro atoms. The molecule has 246 valence electrons. The first-order valence-corrected chi connectivity index (χ1v) is 15.9. The first kappa shape index (κ1) is 32.1. The van der Waals surface area contributed by atoms with Crippen LogP contribution in [0.25, 0.3) is 16.6 Å². The number of primary amides is 1. The van der Waals surface area contributed by atoms with Crippen LogP contribution < -0.4 is 20.5 Å². The molecule has 4 N–H and O–H groups in total. The predicted molar refractivity (Wildman–Crippen MR) is 174 cm³/mol. The van der Waals surface area contributed by atoms with Gasteiger partial charge in [-0.3, -0.25) is 14.4 Å². The van der Waals surface area contributed by atoms with Crippen molar-refractivity contribution in [3.05, 3.63) is 83.7 Å². The van der Waals surface area contributed by atoms with Gasteiger partial charge in [0.05, 0.1) is 53.8 Å². The van der Waals surface area contributed by atoms with Gasteiger partial charge in [-0.2, -0.15) is 5.10 Å². The maximum atomic E-state index is 13.1. The number of nitrogens with two attached hydrogens (primary N) is 1. The molecule has 2 amide bonds. The SMILES string of the molecule is CCOC(=O)Cc1cccc(-c2ccc(C(N)=O)c(OC3CC4(CC(NC(=O)c5cnn6cc(OCC(C)(C)O)ccc56)C4)C3)c2)c1. The number of ether oxygens (including phenoxy) is 3. The van der Waals surface area contributed by atoms with Gasteiger partial charge in [-0.25, -0.2) is 4.52 Å². The Morgan fingerprint density at radius 3 is 2.53 bits per heavy atom. The van der Waals surface area contributed by atoms with E-state index in [1.165, 1.54) is 0 Å². The van der Waals surface area contributed by atoms with E-state index < -0.39 is 11.5 Å². The standard InChI is InChI=1S/C36H40N4O7/c1-4-45-32(41)13-22-6-5-7-23(12-22)24-8-10-28(33(37)42)31(14-24)47-27-17-36(18-27)15-25(16-36)39-34(43)29-19-38-40-20-26(9-11-30(29)40)46-21-35(2,3)44/h5-12,14,19-20,25,27,44H,4,13,15-18,21H2,1-3H3,(H2,37,42)(H,39,43). The van der Waals surface area contributed by atoms with Crippen molar-refractivity contribution in [2.24, 2.45) is 11.1 Å². The van der Waals surface area contributed by atoms with E-state index in [1.807, 2.05) is 36.4 Å². The van der Waals surface area contributed by atoms with E-state index in [-0.39, 0.29) is 42.5 Å². The Morgan fingerprint density at radius 1 is 1.04 bits per heavy atom. The Hall–Kier alpha value is -4.90. The smallest absolute Gasteiger partial charge is 0.310 e. The highest BCUT2D eigenvalue weighted by Crippen LogP contribution is 2.57. The number of aromatic nitrogens is 2. The second-order valence-corrected chi connectivity index (χ2v) is 13.3. The summed E-state index contributed by atoms with van der Waals surface area (Å²) in [6, 6.07) is 16.6. The molecule has 11 nitrogen and oxygen atoms in total. The van der Waals surface area contributed by atoms with Crippen molar-refractivity contribution in [2.45, 2.75) is 70.6 Å². The van der Waals surface area contributed by atoms with Crippen LogP contribution in [0.5, 0.6) is 11.5 Å². The van der Waals surface area contributed by atoms with Gasteiger partial charge in [-0.1, -0.05) is 30.3 Å². The van der Waals surface area contributed by atoms with Gasteiger partial charge in [0.15, 0.2) is 0 Å². The van der Waals surface area contributed by atoms with Crippen molar-refractivity contribution in [2.75, 3.05) is 13.2 Å². The molecule has 0 radical (unpaired) electrons. The molecule has 0 unspecified atom stereocenters. The summed E-state index contributed by atoms with van der Waals surface area (Å²) < 4.78 is 18.6. The molecular formula is C36H40N4O7. The maximum Gasteiger partial charge on any atom is 0.310 e. The Labute approximate surface area is 273 Å². The summed E-state index contributed by atoms with van der Waals surface area (Å²) in [7, 11) is 0. The molecule has 2 aliphatic carbocycles. The van der Waals surface area contributed by atoms with Crippen LogP contribution in [0.15, 0.2) is 67.0 Å². The number of fused-ring (bicyclic) bond motifs is 1. The van der Waals surface area contributed by atoms with Crippen LogP contribution in [0, 0.1) is 5.41 Å². The molecule has 11 heteroatoms. The number of aliphatic hydroxyl groups is 1. The lowest BCUT2D eigenvalue weighted by Gasteiger charge is -2.57. The molecule has 2 heterocycles. The summed E-state index contributed by atoms with van der Waals surface area (Å²) in [5.41, 5.74) is 8.86. The van der Waals surface area contributed by atoms with E-state index in [9.17, 15) is 19.5 Å². The molecule has 2 aliphatic rings. The minimum Gasteiger partial charge on any atom is -0.490 e. The molecule has 0 bridgehead atoms. The fraction of sp³-hybridized carbons (Fsp3) is 0.389. The number of nitrogens with zero attached hydrogens (tertiary/aromatic N) is 2. The molecule has 0 saturated heterocycles. The van der Waals surface area contributed by atoms with Crippen molar-refractivity contribution >= 4 is 23.3 Å². The highest BCUT2D eigenvalue weighted by atomic mass is 16.5. The van der Waals surface area contributed by atoms with E-state index in [0.717, 1.165) is 42.4 Å². The number of esters is 1. The zero-order chi connectivity index (χ0) is 33.3. The minimum absolute atomic E-state index is 0.0548. The molecule has 4 aromatic rings. The van der Waals surface area contributed by atoms with Gasteiger partial charge in [-0.05, 0) is 92.8 Å². The van der Waals surface area contributed by atoms with E-state index in [0.29, 0.717) is 34.7 Å². The van der Waals surface area contributed by atoms with Crippen LogP contribution in [0.2, 0.25) is 0 Å². The number of nitrogens with one attached hydrogen (secondary N) is 1. The van der Waals surface area contributed by atoms with Crippen LogP contribution in [-0.2, 0) is 16.0 Å².